The topological polar surface area (TPSA) is 20.5 Å². The van der Waals surface area contributed by atoms with Crippen LogP contribution in [0, 0.1) is 12.8 Å². The summed E-state index contributed by atoms with van der Waals surface area (Å²) in [7, 11) is 0. The largest absolute Gasteiger partial charge is 0.302 e. The minimum atomic E-state index is 0.206. The van der Waals surface area contributed by atoms with Gasteiger partial charge < -0.3 is 4.90 Å². The summed E-state index contributed by atoms with van der Waals surface area (Å²) in [5.41, 5.74) is 1.52. The highest BCUT2D eigenvalue weighted by atomic mass is 32.1. The average molecular weight is 291 g/mol. The first-order valence-electron chi connectivity index (χ1n) is 7.64. The molecule has 0 spiro atoms. The van der Waals surface area contributed by atoms with Crippen molar-refractivity contribution >= 4 is 16.2 Å². The van der Waals surface area contributed by atoms with Crippen molar-refractivity contribution in [3.63, 3.8) is 0 Å². The van der Waals surface area contributed by atoms with Gasteiger partial charge in [-0.25, -0.2) is 4.98 Å². The first-order valence-corrected chi connectivity index (χ1v) is 8.52. The molecule has 1 fully saturated rings. The molecule has 0 N–H and O–H groups in total. The Morgan fingerprint density at radius 3 is 3.00 bits per heavy atom. The lowest BCUT2D eigenvalue weighted by Gasteiger charge is -2.40. The van der Waals surface area contributed by atoms with E-state index in [0.29, 0.717) is 0 Å². The number of aromatic nitrogens is 2. The summed E-state index contributed by atoms with van der Waals surface area (Å²) < 4.78 is 2.24. The molecule has 0 unspecified atom stereocenters. The van der Waals surface area contributed by atoms with Gasteiger partial charge in [0.1, 0.15) is 10.7 Å². The van der Waals surface area contributed by atoms with E-state index in [2.05, 4.69) is 48.6 Å². The van der Waals surface area contributed by atoms with Crippen molar-refractivity contribution in [3.05, 3.63) is 23.1 Å². The smallest absolute Gasteiger partial charge is 0.123 e. The third-order valence-electron chi connectivity index (χ3n) is 4.40. The van der Waals surface area contributed by atoms with E-state index < -0.39 is 0 Å². The fourth-order valence-corrected chi connectivity index (χ4v) is 4.59. The number of piperidine rings is 1. The molecule has 1 atom stereocenters. The molecule has 4 heteroatoms. The molecule has 0 aliphatic carbocycles. The maximum Gasteiger partial charge on any atom is 0.123 e. The van der Waals surface area contributed by atoms with Crippen LogP contribution in [0.2, 0.25) is 0 Å². The molecule has 1 aliphatic rings. The van der Waals surface area contributed by atoms with Gasteiger partial charge in [0, 0.05) is 30.1 Å². The minimum Gasteiger partial charge on any atom is -0.302 e. The summed E-state index contributed by atoms with van der Waals surface area (Å²) in [6.45, 7) is 12.7. The van der Waals surface area contributed by atoms with E-state index >= 15 is 0 Å². The van der Waals surface area contributed by atoms with Gasteiger partial charge in [0.15, 0.2) is 0 Å². The maximum absolute atomic E-state index is 4.91. The lowest BCUT2D eigenvalue weighted by molar-refractivity contribution is 0.141. The Bertz CT molecular complexity index is 598. The number of hydrogen-bond acceptors (Lipinski definition) is 3. The Balaban J connectivity index is 1.92. The zero-order valence-electron chi connectivity index (χ0n) is 13.0. The van der Waals surface area contributed by atoms with E-state index in [-0.39, 0.29) is 5.41 Å². The summed E-state index contributed by atoms with van der Waals surface area (Å²) in [5.74, 6) is 1.86. The van der Waals surface area contributed by atoms with E-state index in [4.69, 9.17) is 4.98 Å². The molecule has 3 heterocycles. The Morgan fingerprint density at radius 1 is 1.45 bits per heavy atom. The first kappa shape index (κ1) is 14.1. The predicted octanol–water partition coefficient (Wildman–Crippen LogP) is 3.71. The molecule has 0 bridgehead atoms. The van der Waals surface area contributed by atoms with Gasteiger partial charge in [-0.1, -0.05) is 20.8 Å². The summed E-state index contributed by atoms with van der Waals surface area (Å²) in [5, 5.41) is 2.17. The van der Waals surface area contributed by atoms with Crippen LogP contribution in [0.3, 0.4) is 0 Å². The standard InChI is InChI=1S/C16H25N3S/c1-12(2)10-18-7-5-6-16(4,11-18)14-15-19(8-9-20-15)13(3)17-14/h8-9,12H,5-7,10-11H2,1-4H3/t16-/m0/s1. The van der Waals surface area contributed by atoms with E-state index in [1.807, 2.05) is 11.3 Å². The molecule has 0 saturated carbocycles. The Labute approximate surface area is 125 Å². The molecule has 20 heavy (non-hydrogen) atoms. The number of fused-ring (bicyclic) bond motifs is 1. The molecule has 1 saturated heterocycles. The van der Waals surface area contributed by atoms with Gasteiger partial charge in [0.05, 0.1) is 5.69 Å². The summed E-state index contributed by atoms with van der Waals surface area (Å²) in [6, 6.07) is 0. The predicted molar refractivity (Wildman–Crippen MR) is 85.7 cm³/mol. The van der Waals surface area contributed by atoms with Crippen molar-refractivity contribution in [2.75, 3.05) is 19.6 Å². The number of imidazole rings is 1. The first-order chi connectivity index (χ1) is 9.49. The molecule has 0 aromatic carbocycles. The van der Waals surface area contributed by atoms with Crippen molar-refractivity contribution < 1.29 is 0 Å². The van der Waals surface area contributed by atoms with E-state index in [1.54, 1.807) is 0 Å². The van der Waals surface area contributed by atoms with Crippen LogP contribution in [0.1, 0.15) is 45.1 Å². The van der Waals surface area contributed by atoms with Crippen LogP contribution in [-0.2, 0) is 5.41 Å². The summed E-state index contributed by atoms with van der Waals surface area (Å²) in [4.78, 5) is 8.88. The fraction of sp³-hybridized carbons (Fsp3) is 0.688. The van der Waals surface area contributed by atoms with Gasteiger partial charge in [-0.05, 0) is 32.2 Å². The van der Waals surface area contributed by atoms with E-state index in [0.717, 1.165) is 18.3 Å². The van der Waals surface area contributed by atoms with Crippen LogP contribution in [0.5, 0.6) is 0 Å². The molecule has 1 aliphatic heterocycles. The maximum atomic E-state index is 4.91. The van der Waals surface area contributed by atoms with E-state index in [9.17, 15) is 0 Å². The zero-order valence-corrected chi connectivity index (χ0v) is 13.8. The van der Waals surface area contributed by atoms with Crippen LogP contribution in [-0.4, -0.2) is 33.9 Å². The molecule has 3 nitrogen and oxygen atoms in total. The third kappa shape index (κ3) is 2.40. The van der Waals surface area contributed by atoms with Crippen LogP contribution < -0.4 is 0 Å². The molecular weight excluding hydrogens is 266 g/mol. The number of thiazole rings is 1. The van der Waals surface area contributed by atoms with Gasteiger partial charge in [0.25, 0.3) is 0 Å². The Kier molecular flexibility index (Phi) is 3.63. The van der Waals surface area contributed by atoms with Gasteiger partial charge in [0.2, 0.25) is 0 Å². The Morgan fingerprint density at radius 2 is 2.25 bits per heavy atom. The highest BCUT2D eigenvalue weighted by Crippen LogP contribution is 2.37. The third-order valence-corrected chi connectivity index (χ3v) is 5.27. The molecule has 2 aromatic heterocycles. The average Bonchev–Trinajstić information content (AvgIpc) is 2.93. The molecular formula is C16H25N3S. The van der Waals surface area contributed by atoms with Crippen molar-refractivity contribution in [2.24, 2.45) is 5.92 Å². The molecule has 0 amide bonds. The number of hydrogen-bond donors (Lipinski definition) is 0. The number of likely N-dealkylation sites (tertiary alicyclic amines) is 1. The second-order valence-electron chi connectivity index (χ2n) is 6.88. The molecule has 110 valence electrons. The highest BCUT2D eigenvalue weighted by molar-refractivity contribution is 7.15. The van der Waals surface area contributed by atoms with Gasteiger partial charge in [-0.3, -0.25) is 4.40 Å². The summed E-state index contributed by atoms with van der Waals surface area (Å²) >= 11 is 1.82. The number of nitrogens with zero attached hydrogens (tertiary/aromatic N) is 3. The van der Waals surface area contributed by atoms with Crippen molar-refractivity contribution in [1.82, 2.24) is 14.3 Å². The monoisotopic (exact) mass is 291 g/mol. The Hall–Kier alpha value is -0.870. The van der Waals surface area contributed by atoms with Crippen LogP contribution >= 0.6 is 11.3 Å². The van der Waals surface area contributed by atoms with Gasteiger partial charge in [-0.2, -0.15) is 0 Å². The van der Waals surface area contributed by atoms with Crippen LogP contribution in [0.15, 0.2) is 11.6 Å². The second kappa shape index (κ2) is 5.15. The zero-order chi connectivity index (χ0) is 14.3. The highest BCUT2D eigenvalue weighted by Gasteiger charge is 2.36. The molecule has 3 rings (SSSR count). The quantitative estimate of drug-likeness (QED) is 0.859. The SMILES string of the molecule is Cc1nc([C@@]2(C)CCCN(CC(C)C)C2)c2sccn12. The minimum absolute atomic E-state index is 0.206. The summed E-state index contributed by atoms with van der Waals surface area (Å²) in [6.07, 6.45) is 4.68. The fourth-order valence-electron chi connectivity index (χ4n) is 3.57. The van der Waals surface area contributed by atoms with Crippen LogP contribution in [0.25, 0.3) is 4.83 Å². The van der Waals surface area contributed by atoms with E-state index in [1.165, 1.54) is 36.5 Å². The van der Waals surface area contributed by atoms with Gasteiger partial charge in [-0.15, -0.1) is 11.3 Å². The lowest BCUT2D eigenvalue weighted by Crippen LogP contribution is -2.45. The normalized spacial score (nSPS) is 24.9. The van der Waals surface area contributed by atoms with Crippen molar-refractivity contribution in [1.29, 1.82) is 0 Å². The number of aryl methyl sites for hydroxylation is 1. The molecule has 0 radical (unpaired) electrons. The molecule has 2 aromatic rings. The lowest BCUT2D eigenvalue weighted by atomic mass is 9.79. The van der Waals surface area contributed by atoms with Crippen molar-refractivity contribution in [3.8, 4) is 0 Å². The second-order valence-corrected chi connectivity index (χ2v) is 7.77. The van der Waals surface area contributed by atoms with Crippen molar-refractivity contribution in [2.45, 2.75) is 46.0 Å². The van der Waals surface area contributed by atoms with Gasteiger partial charge >= 0.3 is 0 Å². The number of rotatable bonds is 3. The van der Waals surface area contributed by atoms with Crippen LogP contribution in [0.4, 0.5) is 0 Å².